The lowest BCUT2D eigenvalue weighted by Gasteiger charge is -2.28. The van der Waals surface area contributed by atoms with Gasteiger partial charge in [-0.25, -0.2) is 15.0 Å². The second-order valence-corrected chi connectivity index (χ2v) is 9.21. The second kappa shape index (κ2) is 9.09. The lowest BCUT2D eigenvalue weighted by molar-refractivity contribution is -0.136. The van der Waals surface area contributed by atoms with Crippen molar-refractivity contribution in [2.24, 2.45) is 10.9 Å². The largest absolute Gasteiger partial charge is 0.393 e. The van der Waals surface area contributed by atoms with Gasteiger partial charge in [0.2, 0.25) is 5.91 Å². The van der Waals surface area contributed by atoms with E-state index in [1.165, 1.54) is 0 Å². The standard InChI is InChI=1S/C23H32N8O2/c1-3-31-21(16-10-24-14(2)25-11-16)29-19-20(26-13-27-22(19)31)28-17-8-9-30(12-17)23(33)15-4-6-18(32)7-5-15/h10,13,15,17-18,32H,3-9,11-12H2,1-2H3,(H,24,25)(H,26,27,28). The van der Waals surface area contributed by atoms with E-state index in [1.54, 1.807) is 6.33 Å². The van der Waals surface area contributed by atoms with Crippen LogP contribution in [0.4, 0.5) is 5.82 Å². The van der Waals surface area contributed by atoms with Gasteiger partial charge >= 0.3 is 0 Å². The Kier molecular flexibility index (Phi) is 6.01. The lowest BCUT2D eigenvalue weighted by atomic mass is 9.86. The summed E-state index contributed by atoms with van der Waals surface area (Å²) >= 11 is 0. The quantitative estimate of drug-likeness (QED) is 0.632. The Bertz CT molecular complexity index is 1100. The summed E-state index contributed by atoms with van der Waals surface area (Å²) in [6, 6.07) is 0.124. The molecule has 3 aliphatic rings. The second-order valence-electron chi connectivity index (χ2n) is 9.21. The van der Waals surface area contributed by atoms with Crippen molar-refractivity contribution in [2.75, 3.05) is 25.0 Å². The van der Waals surface area contributed by atoms with E-state index in [0.717, 1.165) is 73.6 Å². The summed E-state index contributed by atoms with van der Waals surface area (Å²) in [5.41, 5.74) is 2.55. The highest BCUT2D eigenvalue weighted by Crippen LogP contribution is 2.29. The highest BCUT2D eigenvalue weighted by Gasteiger charge is 2.33. The van der Waals surface area contributed by atoms with Gasteiger partial charge in [-0.1, -0.05) is 0 Å². The van der Waals surface area contributed by atoms with Crippen molar-refractivity contribution in [3.05, 3.63) is 18.4 Å². The Balaban J connectivity index is 1.32. The third kappa shape index (κ3) is 4.31. The number of hydrogen-bond acceptors (Lipinski definition) is 8. The summed E-state index contributed by atoms with van der Waals surface area (Å²) < 4.78 is 2.09. The van der Waals surface area contributed by atoms with Crippen LogP contribution < -0.4 is 10.6 Å². The monoisotopic (exact) mass is 452 g/mol. The van der Waals surface area contributed by atoms with Crippen molar-refractivity contribution in [2.45, 2.75) is 64.6 Å². The molecule has 0 bridgehead atoms. The number of aliphatic hydroxyl groups is 1. The first kappa shape index (κ1) is 21.8. The normalized spacial score (nSPS) is 25.5. The number of aliphatic imine (C=N–C) groups is 1. The summed E-state index contributed by atoms with van der Waals surface area (Å²) in [5.74, 6) is 2.72. The van der Waals surface area contributed by atoms with Crippen LogP contribution in [0.15, 0.2) is 17.5 Å². The molecule has 176 valence electrons. The average Bonchev–Trinajstić information content (AvgIpc) is 3.45. The number of hydrogen-bond donors (Lipinski definition) is 3. The van der Waals surface area contributed by atoms with Crippen molar-refractivity contribution < 1.29 is 9.90 Å². The van der Waals surface area contributed by atoms with Gasteiger partial charge in [0, 0.05) is 43.4 Å². The summed E-state index contributed by atoms with van der Waals surface area (Å²) in [7, 11) is 0. The summed E-state index contributed by atoms with van der Waals surface area (Å²) in [6.07, 6.45) is 7.18. The first-order chi connectivity index (χ1) is 16.0. The fraction of sp³-hybridized carbons (Fsp3) is 0.609. The number of rotatable bonds is 5. The van der Waals surface area contributed by atoms with Crippen LogP contribution in [0, 0.1) is 5.92 Å². The zero-order chi connectivity index (χ0) is 22.9. The minimum absolute atomic E-state index is 0.0457. The maximum absolute atomic E-state index is 13.0. The van der Waals surface area contributed by atoms with Crippen LogP contribution in [-0.2, 0) is 11.3 Å². The number of carbonyl (C=O) groups is 1. The number of aliphatic hydroxyl groups excluding tert-OH is 1. The number of anilines is 1. The highest BCUT2D eigenvalue weighted by atomic mass is 16.3. The van der Waals surface area contributed by atoms with Crippen molar-refractivity contribution in [3.8, 4) is 0 Å². The average molecular weight is 453 g/mol. The molecular weight excluding hydrogens is 420 g/mol. The van der Waals surface area contributed by atoms with Crippen LogP contribution in [0.2, 0.25) is 0 Å². The van der Waals surface area contributed by atoms with Gasteiger partial charge in [-0.2, -0.15) is 0 Å². The van der Waals surface area contributed by atoms with Gasteiger partial charge in [0.1, 0.15) is 12.2 Å². The smallest absolute Gasteiger partial charge is 0.225 e. The molecule has 1 aliphatic carbocycles. The number of imidazole rings is 1. The number of nitrogens with zero attached hydrogens (tertiary/aromatic N) is 6. The predicted octanol–water partition coefficient (Wildman–Crippen LogP) is 1.77. The van der Waals surface area contributed by atoms with Crippen molar-refractivity contribution in [3.63, 3.8) is 0 Å². The molecule has 1 unspecified atom stereocenters. The van der Waals surface area contributed by atoms with Crippen LogP contribution in [0.3, 0.4) is 0 Å². The molecule has 0 aromatic carbocycles. The van der Waals surface area contributed by atoms with Gasteiger partial charge in [-0.15, -0.1) is 0 Å². The number of amides is 1. The van der Waals surface area contributed by atoms with Crippen LogP contribution in [0.1, 0.15) is 51.8 Å². The molecule has 33 heavy (non-hydrogen) atoms. The van der Waals surface area contributed by atoms with E-state index < -0.39 is 0 Å². The van der Waals surface area contributed by atoms with Crippen LogP contribution in [-0.4, -0.2) is 73.0 Å². The third-order valence-electron chi connectivity index (χ3n) is 6.96. The SMILES string of the molecule is CCn1c(C2=CNC(C)=NC2)nc2c(NC3CCN(C(=O)C4CCC(O)CC4)C3)ncnc21. The molecular formula is C23H32N8O2. The zero-order valence-electron chi connectivity index (χ0n) is 19.3. The molecule has 4 heterocycles. The number of nitrogens with one attached hydrogen (secondary N) is 2. The molecule has 3 N–H and O–H groups in total. The van der Waals surface area contributed by atoms with Crippen molar-refractivity contribution >= 4 is 34.3 Å². The fourth-order valence-corrected chi connectivity index (χ4v) is 5.06. The van der Waals surface area contributed by atoms with E-state index in [2.05, 4.69) is 37.1 Å². The molecule has 1 atom stereocenters. The molecule has 10 heteroatoms. The molecule has 2 aromatic rings. The number of carbonyl (C=O) groups excluding carboxylic acids is 1. The topological polar surface area (TPSA) is 121 Å². The molecule has 0 radical (unpaired) electrons. The Morgan fingerprint density at radius 2 is 2.06 bits per heavy atom. The molecule has 1 saturated carbocycles. The van der Waals surface area contributed by atoms with Gasteiger partial charge < -0.3 is 25.2 Å². The number of aromatic nitrogens is 4. The first-order valence-corrected chi connectivity index (χ1v) is 11.9. The Morgan fingerprint density at radius 1 is 1.24 bits per heavy atom. The number of amidine groups is 1. The molecule has 2 fully saturated rings. The van der Waals surface area contributed by atoms with E-state index in [9.17, 15) is 9.90 Å². The number of fused-ring (bicyclic) bond motifs is 1. The van der Waals surface area contributed by atoms with Crippen molar-refractivity contribution in [1.29, 1.82) is 0 Å². The van der Waals surface area contributed by atoms with Gasteiger partial charge in [0.05, 0.1) is 18.5 Å². The maximum atomic E-state index is 13.0. The summed E-state index contributed by atoms with van der Waals surface area (Å²) in [4.78, 5) is 33.3. The molecule has 2 aromatic heterocycles. The minimum Gasteiger partial charge on any atom is -0.393 e. The maximum Gasteiger partial charge on any atom is 0.225 e. The third-order valence-corrected chi connectivity index (χ3v) is 6.96. The van der Waals surface area contributed by atoms with E-state index in [1.807, 2.05) is 18.0 Å². The van der Waals surface area contributed by atoms with Gasteiger partial charge in [-0.3, -0.25) is 9.79 Å². The highest BCUT2D eigenvalue weighted by molar-refractivity contribution is 5.89. The fourth-order valence-electron chi connectivity index (χ4n) is 5.06. The predicted molar refractivity (Wildman–Crippen MR) is 127 cm³/mol. The van der Waals surface area contributed by atoms with E-state index in [-0.39, 0.29) is 24.0 Å². The summed E-state index contributed by atoms with van der Waals surface area (Å²) in [5, 5.41) is 16.4. The van der Waals surface area contributed by atoms with E-state index >= 15 is 0 Å². The Hall–Kier alpha value is -3.01. The van der Waals surface area contributed by atoms with E-state index in [4.69, 9.17) is 4.98 Å². The zero-order valence-corrected chi connectivity index (χ0v) is 19.3. The molecule has 5 rings (SSSR count). The first-order valence-electron chi connectivity index (χ1n) is 11.9. The molecule has 2 aliphatic heterocycles. The molecule has 1 amide bonds. The van der Waals surface area contributed by atoms with Gasteiger partial charge in [0.25, 0.3) is 0 Å². The van der Waals surface area contributed by atoms with Crippen molar-refractivity contribution in [1.82, 2.24) is 29.7 Å². The molecule has 1 saturated heterocycles. The number of likely N-dealkylation sites (tertiary alicyclic amines) is 1. The van der Waals surface area contributed by atoms with Gasteiger partial charge in [0.15, 0.2) is 17.0 Å². The van der Waals surface area contributed by atoms with Crippen LogP contribution in [0.25, 0.3) is 16.7 Å². The van der Waals surface area contributed by atoms with Crippen LogP contribution in [0.5, 0.6) is 0 Å². The Morgan fingerprint density at radius 3 is 2.79 bits per heavy atom. The lowest BCUT2D eigenvalue weighted by Crippen LogP contribution is -2.38. The van der Waals surface area contributed by atoms with Gasteiger partial charge in [-0.05, 0) is 46.0 Å². The minimum atomic E-state index is -0.244. The molecule has 0 spiro atoms. The van der Waals surface area contributed by atoms with Crippen LogP contribution >= 0.6 is 0 Å². The summed E-state index contributed by atoms with van der Waals surface area (Å²) in [6.45, 7) is 6.75. The Labute approximate surface area is 193 Å². The van der Waals surface area contributed by atoms with E-state index in [0.29, 0.717) is 18.9 Å². The number of aryl methyl sites for hydroxylation is 1. The molecule has 10 nitrogen and oxygen atoms in total.